The van der Waals surface area contributed by atoms with Gasteiger partial charge < -0.3 is 5.32 Å². The first-order chi connectivity index (χ1) is 7.66. The van der Waals surface area contributed by atoms with Crippen LogP contribution in [0.2, 0.25) is 15.1 Å². The third kappa shape index (κ3) is 2.82. The van der Waals surface area contributed by atoms with Gasteiger partial charge in [0.25, 0.3) is 0 Å². The lowest BCUT2D eigenvalue weighted by atomic mass is 10.2. The van der Waals surface area contributed by atoms with E-state index in [1.54, 1.807) is 12.1 Å². The minimum Gasteiger partial charge on any atom is -0.343 e. The Bertz CT molecular complexity index is 429. The number of hydrogen-bond donors (Lipinski definition) is 1. The summed E-state index contributed by atoms with van der Waals surface area (Å²) in [4.78, 5) is 4.39. The number of rotatable bonds is 1. The summed E-state index contributed by atoms with van der Waals surface area (Å²) >= 11 is 17.8. The lowest BCUT2D eigenvalue weighted by Gasteiger charge is -2.15. The van der Waals surface area contributed by atoms with E-state index in [2.05, 4.69) is 10.3 Å². The lowest BCUT2D eigenvalue weighted by molar-refractivity contribution is 0.737. The molecule has 1 N–H and O–H groups in total. The maximum atomic E-state index is 6.06. The highest BCUT2D eigenvalue weighted by Crippen LogP contribution is 2.32. The van der Waals surface area contributed by atoms with Crippen molar-refractivity contribution in [2.75, 3.05) is 11.9 Å². The molecule has 5 heteroatoms. The van der Waals surface area contributed by atoms with E-state index in [9.17, 15) is 0 Å². The third-order valence-electron chi connectivity index (χ3n) is 2.41. The second-order valence-electron chi connectivity index (χ2n) is 3.66. The molecule has 1 aromatic rings. The van der Waals surface area contributed by atoms with Gasteiger partial charge in [-0.15, -0.1) is 0 Å². The Hall–Kier alpha value is -0.440. The van der Waals surface area contributed by atoms with Crippen LogP contribution in [0, 0.1) is 0 Å². The van der Waals surface area contributed by atoms with Gasteiger partial charge in [0.1, 0.15) is 5.84 Å². The summed E-state index contributed by atoms with van der Waals surface area (Å²) in [5, 5.41) is 4.70. The molecule has 0 aliphatic carbocycles. The van der Waals surface area contributed by atoms with Gasteiger partial charge in [0, 0.05) is 13.0 Å². The summed E-state index contributed by atoms with van der Waals surface area (Å²) in [6.45, 7) is 0.876. The van der Waals surface area contributed by atoms with Crippen LogP contribution in [-0.2, 0) is 0 Å². The first-order valence-electron chi connectivity index (χ1n) is 5.12. The minimum atomic E-state index is 0.461. The Labute approximate surface area is 110 Å². The molecule has 0 saturated heterocycles. The Morgan fingerprint density at radius 3 is 2.44 bits per heavy atom. The monoisotopic (exact) mass is 276 g/mol. The van der Waals surface area contributed by atoms with Gasteiger partial charge in [0.2, 0.25) is 0 Å². The fourth-order valence-electron chi connectivity index (χ4n) is 1.57. The number of benzene rings is 1. The standard InChI is InChI=1S/C11H11Cl3N2/c12-7-5-9(14)10(6-8(7)13)16-11-3-1-2-4-15-11/h5-6H,1-4H2,(H,15,16). The fourth-order valence-corrected chi connectivity index (χ4v) is 2.17. The van der Waals surface area contributed by atoms with Crippen molar-refractivity contribution >= 4 is 46.3 Å². The topological polar surface area (TPSA) is 24.4 Å². The molecule has 86 valence electrons. The predicted octanol–water partition coefficient (Wildman–Crippen LogP) is 4.64. The maximum Gasteiger partial charge on any atom is 0.101 e. The van der Waals surface area contributed by atoms with Crippen molar-refractivity contribution in [3.63, 3.8) is 0 Å². The molecular weight excluding hydrogens is 266 g/mol. The molecule has 0 aromatic heterocycles. The zero-order valence-corrected chi connectivity index (χ0v) is 10.8. The zero-order valence-electron chi connectivity index (χ0n) is 8.56. The van der Waals surface area contributed by atoms with E-state index in [1.807, 2.05) is 0 Å². The van der Waals surface area contributed by atoms with E-state index in [0.717, 1.165) is 37.3 Å². The number of nitrogens with one attached hydrogen (secondary N) is 1. The van der Waals surface area contributed by atoms with E-state index < -0.39 is 0 Å². The molecule has 0 fully saturated rings. The van der Waals surface area contributed by atoms with Crippen molar-refractivity contribution in [2.24, 2.45) is 4.99 Å². The number of halogens is 3. The van der Waals surface area contributed by atoms with Crippen LogP contribution in [0.1, 0.15) is 19.3 Å². The van der Waals surface area contributed by atoms with Crippen molar-refractivity contribution in [1.29, 1.82) is 0 Å². The second kappa shape index (κ2) is 5.26. The molecule has 1 aliphatic heterocycles. The molecule has 0 unspecified atom stereocenters. The smallest absolute Gasteiger partial charge is 0.101 e. The molecule has 0 spiro atoms. The quantitative estimate of drug-likeness (QED) is 0.743. The average molecular weight is 278 g/mol. The fraction of sp³-hybridized carbons (Fsp3) is 0.364. The molecule has 2 rings (SSSR count). The van der Waals surface area contributed by atoms with Gasteiger partial charge in [-0.3, -0.25) is 4.99 Å². The van der Waals surface area contributed by atoms with Gasteiger partial charge in [0.15, 0.2) is 0 Å². The van der Waals surface area contributed by atoms with E-state index in [-0.39, 0.29) is 0 Å². The van der Waals surface area contributed by atoms with Gasteiger partial charge in [-0.1, -0.05) is 34.8 Å². The summed E-state index contributed by atoms with van der Waals surface area (Å²) in [6, 6.07) is 3.36. The number of anilines is 1. The Morgan fingerprint density at radius 2 is 1.75 bits per heavy atom. The van der Waals surface area contributed by atoms with Gasteiger partial charge in [-0.2, -0.15) is 0 Å². The number of aliphatic imine (C=N–C) groups is 1. The largest absolute Gasteiger partial charge is 0.343 e. The van der Waals surface area contributed by atoms with Crippen LogP contribution in [0.15, 0.2) is 17.1 Å². The maximum absolute atomic E-state index is 6.06. The highest BCUT2D eigenvalue weighted by Gasteiger charge is 2.10. The van der Waals surface area contributed by atoms with E-state index in [1.165, 1.54) is 0 Å². The normalized spacial score (nSPS) is 15.8. The first-order valence-corrected chi connectivity index (χ1v) is 6.25. The molecular formula is C11H11Cl3N2. The summed E-state index contributed by atoms with van der Waals surface area (Å²) in [5.74, 6) is 0.964. The Balaban J connectivity index is 2.20. The number of nitrogens with zero attached hydrogens (tertiary/aromatic N) is 1. The van der Waals surface area contributed by atoms with Gasteiger partial charge in [-0.25, -0.2) is 0 Å². The summed E-state index contributed by atoms with van der Waals surface area (Å²) in [5.41, 5.74) is 0.761. The highest BCUT2D eigenvalue weighted by atomic mass is 35.5. The number of amidine groups is 1. The Morgan fingerprint density at radius 1 is 1.00 bits per heavy atom. The number of hydrogen-bond acceptors (Lipinski definition) is 2. The summed E-state index contributed by atoms with van der Waals surface area (Å²) in [6.07, 6.45) is 3.27. The molecule has 0 radical (unpaired) electrons. The van der Waals surface area contributed by atoms with E-state index in [0.29, 0.717) is 15.1 Å². The predicted molar refractivity (Wildman–Crippen MR) is 71.2 cm³/mol. The van der Waals surface area contributed by atoms with Crippen molar-refractivity contribution < 1.29 is 0 Å². The van der Waals surface area contributed by atoms with Crippen molar-refractivity contribution in [2.45, 2.75) is 19.3 Å². The molecule has 0 bridgehead atoms. The van der Waals surface area contributed by atoms with E-state index >= 15 is 0 Å². The summed E-state index contributed by atoms with van der Waals surface area (Å²) in [7, 11) is 0. The molecule has 1 heterocycles. The van der Waals surface area contributed by atoms with Crippen LogP contribution in [0.25, 0.3) is 0 Å². The third-order valence-corrected chi connectivity index (χ3v) is 3.45. The van der Waals surface area contributed by atoms with Crippen LogP contribution >= 0.6 is 34.8 Å². The molecule has 0 atom stereocenters. The Kier molecular flexibility index (Phi) is 3.95. The highest BCUT2D eigenvalue weighted by molar-refractivity contribution is 6.44. The van der Waals surface area contributed by atoms with Crippen LogP contribution in [-0.4, -0.2) is 12.4 Å². The van der Waals surface area contributed by atoms with Crippen molar-refractivity contribution in [1.82, 2.24) is 0 Å². The second-order valence-corrected chi connectivity index (χ2v) is 4.88. The van der Waals surface area contributed by atoms with Gasteiger partial charge in [0.05, 0.1) is 20.8 Å². The van der Waals surface area contributed by atoms with E-state index in [4.69, 9.17) is 34.8 Å². The molecule has 2 nitrogen and oxygen atoms in total. The molecule has 0 amide bonds. The van der Waals surface area contributed by atoms with Crippen LogP contribution < -0.4 is 5.32 Å². The average Bonchev–Trinajstić information content (AvgIpc) is 2.27. The SMILES string of the molecule is Clc1cc(Cl)c(NC2=NCCCC2)cc1Cl. The van der Waals surface area contributed by atoms with Crippen LogP contribution in [0.3, 0.4) is 0 Å². The van der Waals surface area contributed by atoms with Gasteiger partial charge in [-0.05, 0) is 25.0 Å². The molecule has 1 aromatic carbocycles. The van der Waals surface area contributed by atoms with Gasteiger partial charge >= 0.3 is 0 Å². The van der Waals surface area contributed by atoms with Crippen molar-refractivity contribution in [3.05, 3.63) is 27.2 Å². The van der Waals surface area contributed by atoms with Crippen molar-refractivity contribution in [3.8, 4) is 0 Å². The summed E-state index contributed by atoms with van der Waals surface area (Å²) < 4.78 is 0. The first kappa shape index (κ1) is 12.0. The van der Waals surface area contributed by atoms with Crippen LogP contribution in [0.5, 0.6) is 0 Å². The zero-order chi connectivity index (χ0) is 11.5. The molecule has 0 saturated carbocycles. The van der Waals surface area contributed by atoms with Crippen LogP contribution in [0.4, 0.5) is 5.69 Å². The molecule has 1 aliphatic rings. The lowest BCUT2D eigenvalue weighted by Crippen LogP contribution is -2.16. The minimum absolute atomic E-state index is 0.461. The molecule has 16 heavy (non-hydrogen) atoms.